The topological polar surface area (TPSA) is 50.9 Å². The number of aromatic nitrogens is 3. The van der Waals surface area contributed by atoms with Crippen LogP contribution >= 0.6 is 0 Å². The molecule has 1 N–H and O–H groups in total. The van der Waals surface area contributed by atoms with E-state index in [1.54, 1.807) is 6.07 Å². The van der Waals surface area contributed by atoms with E-state index in [4.69, 9.17) is 9.97 Å². The fourth-order valence-electron chi connectivity index (χ4n) is 7.80. The Balaban J connectivity index is 0.00000469. The van der Waals surface area contributed by atoms with Gasteiger partial charge in [-0.25, -0.2) is 4.98 Å². The Labute approximate surface area is 354 Å². The predicted octanol–water partition coefficient (Wildman–Crippen LogP) is 13.4. The predicted molar refractivity (Wildman–Crippen MR) is 235 cm³/mol. The molecule has 0 aliphatic carbocycles. The molecule has 2 aromatic heterocycles. The number of hydrogen-bond acceptors (Lipinski definition) is 3. The maximum Gasteiger partial charge on any atom is 0.148 e. The van der Waals surface area contributed by atoms with Crippen LogP contribution in [-0.2, 0) is 27.5 Å². The smallest absolute Gasteiger partial charge is 0.148 e. The molecule has 58 heavy (non-hydrogen) atoms. The Hall–Kier alpha value is -6.35. The molecule has 0 unspecified atom stereocenters. The zero-order valence-electron chi connectivity index (χ0n) is 32.6. The number of aromatic hydroxyl groups is 1. The van der Waals surface area contributed by atoms with Crippen LogP contribution in [0.2, 0.25) is 0 Å². The van der Waals surface area contributed by atoms with Gasteiger partial charge in [0.2, 0.25) is 0 Å². The van der Waals surface area contributed by atoms with Crippen molar-refractivity contribution in [3.05, 3.63) is 193 Å². The molecule has 0 aliphatic heterocycles. The third-order valence-electron chi connectivity index (χ3n) is 10.6. The van der Waals surface area contributed by atoms with Crippen LogP contribution in [-0.4, -0.2) is 19.6 Å². The van der Waals surface area contributed by atoms with E-state index in [2.05, 4.69) is 171 Å². The van der Waals surface area contributed by atoms with Gasteiger partial charge in [0.1, 0.15) is 11.6 Å². The first kappa shape index (κ1) is 38.5. The van der Waals surface area contributed by atoms with Crippen LogP contribution in [0.3, 0.4) is 0 Å². The molecule has 2 heterocycles. The molecule has 0 bridgehead atoms. The first-order valence-electron chi connectivity index (χ1n) is 19.5. The molecule has 0 radical (unpaired) electrons. The fourth-order valence-corrected chi connectivity index (χ4v) is 7.80. The molecule has 9 rings (SSSR count). The molecule has 0 saturated heterocycles. The van der Waals surface area contributed by atoms with Crippen molar-refractivity contribution in [2.45, 2.75) is 27.2 Å². The average Bonchev–Trinajstić information content (AvgIpc) is 3.64. The van der Waals surface area contributed by atoms with Gasteiger partial charge in [0, 0.05) is 38.6 Å². The second kappa shape index (κ2) is 16.6. The van der Waals surface area contributed by atoms with Crippen LogP contribution in [0.15, 0.2) is 176 Å². The number of aryl methyl sites for hydroxylation is 1. The van der Waals surface area contributed by atoms with Crippen LogP contribution < -0.4 is 0 Å². The largest absolute Gasteiger partial charge is 0.507 e. The van der Waals surface area contributed by atoms with E-state index in [9.17, 15) is 5.11 Å². The Morgan fingerprint density at radius 2 is 1.26 bits per heavy atom. The summed E-state index contributed by atoms with van der Waals surface area (Å²) in [4.78, 5) is 10.3. The van der Waals surface area contributed by atoms with Gasteiger partial charge >= 0.3 is 0 Å². The first-order chi connectivity index (χ1) is 27.9. The molecule has 0 aliphatic rings. The second-order valence-electron chi connectivity index (χ2n) is 15.1. The molecule has 7 aromatic carbocycles. The SMILES string of the molecule is Cc1ccc(-c2ccnc(-c3[c-]c(-c4cccc5c4nc(-c4ccccc4O)n5-c4ccc(-c5ccccc5)c(CC(C)C)c4)cc(-c4ccccc4)c3)c2)cc1.[Pt]. The second-order valence-corrected chi connectivity index (χ2v) is 15.1. The molecule has 5 heteroatoms. The van der Waals surface area contributed by atoms with Gasteiger partial charge in [0.05, 0.1) is 16.6 Å². The van der Waals surface area contributed by atoms with E-state index in [0.29, 0.717) is 17.3 Å². The summed E-state index contributed by atoms with van der Waals surface area (Å²) in [6.45, 7) is 6.63. The van der Waals surface area contributed by atoms with Gasteiger partial charge in [-0.05, 0) is 89.0 Å². The minimum atomic E-state index is 0. The summed E-state index contributed by atoms with van der Waals surface area (Å²) in [6, 6.07) is 62.5. The quantitative estimate of drug-likeness (QED) is 0.147. The minimum absolute atomic E-state index is 0. The zero-order chi connectivity index (χ0) is 38.9. The molecule has 286 valence electrons. The maximum atomic E-state index is 11.3. The van der Waals surface area contributed by atoms with Crippen LogP contribution in [0.25, 0.3) is 83.9 Å². The number of fused-ring (bicyclic) bond motifs is 1. The Morgan fingerprint density at radius 1 is 0.586 bits per heavy atom. The number of pyridine rings is 1. The maximum absolute atomic E-state index is 11.3. The zero-order valence-corrected chi connectivity index (χ0v) is 34.9. The van der Waals surface area contributed by atoms with E-state index in [1.807, 2.05) is 30.5 Å². The number of para-hydroxylation sites is 2. The summed E-state index contributed by atoms with van der Waals surface area (Å²) < 4.78 is 2.20. The Kier molecular flexibility index (Phi) is 11.0. The summed E-state index contributed by atoms with van der Waals surface area (Å²) in [7, 11) is 0. The third kappa shape index (κ3) is 7.69. The average molecular weight is 932 g/mol. The molecule has 0 atom stereocenters. The van der Waals surface area contributed by atoms with Gasteiger partial charge < -0.3 is 5.11 Å². The molecular formula is C53H42N3OPt-. The van der Waals surface area contributed by atoms with Gasteiger partial charge in [0.25, 0.3) is 0 Å². The van der Waals surface area contributed by atoms with Crippen molar-refractivity contribution in [1.29, 1.82) is 0 Å². The fraction of sp³-hybridized carbons (Fsp3) is 0.0943. The van der Waals surface area contributed by atoms with E-state index in [1.165, 1.54) is 22.3 Å². The van der Waals surface area contributed by atoms with Crippen LogP contribution in [0, 0.1) is 18.9 Å². The van der Waals surface area contributed by atoms with E-state index < -0.39 is 0 Å². The van der Waals surface area contributed by atoms with Gasteiger partial charge in [-0.2, -0.15) is 0 Å². The third-order valence-corrected chi connectivity index (χ3v) is 10.6. The first-order valence-corrected chi connectivity index (χ1v) is 19.5. The van der Waals surface area contributed by atoms with E-state index in [0.717, 1.165) is 67.8 Å². The normalized spacial score (nSPS) is 11.2. The van der Waals surface area contributed by atoms with Gasteiger partial charge in [-0.1, -0.05) is 157 Å². The number of phenols is 1. The number of phenolic OH excluding ortho intramolecular Hbond substituents is 1. The van der Waals surface area contributed by atoms with Crippen molar-refractivity contribution in [1.82, 2.24) is 14.5 Å². The molecule has 0 spiro atoms. The van der Waals surface area contributed by atoms with Crippen LogP contribution in [0.4, 0.5) is 0 Å². The summed E-state index contributed by atoms with van der Waals surface area (Å²) in [5.41, 5.74) is 16.3. The summed E-state index contributed by atoms with van der Waals surface area (Å²) in [6.07, 6.45) is 2.80. The number of imidazole rings is 1. The Bertz CT molecular complexity index is 2860. The summed E-state index contributed by atoms with van der Waals surface area (Å²) >= 11 is 0. The minimum Gasteiger partial charge on any atom is -0.507 e. The number of hydrogen-bond donors (Lipinski definition) is 1. The number of rotatable bonds is 9. The summed E-state index contributed by atoms with van der Waals surface area (Å²) in [5.74, 6) is 1.31. The molecule has 0 fully saturated rings. The van der Waals surface area contributed by atoms with Crippen molar-refractivity contribution in [2.75, 3.05) is 0 Å². The van der Waals surface area contributed by atoms with Gasteiger partial charge in [0.15, 0.2) is 0 Å². The van der Waals surface area contributed by atoms with Crippen molar-refractivity contribution < 1.29 is 26.2 Å². The monoisotopic (exact) mass is 931 g/mol. The Morgan fingerprint density at radius 3 is 2.00 bits per heavy atom. The van der Waals surface area contributed by atoms with Gasteiger partial charge in [-0.15, -0.1) is 23.8 Å². The van der Waals surface area contributed by atoms with Crippen molar-refractivity contribution in [2.24, 2.45) is 5.92 Å². The standard InChI is InChI=1S/C53H42N3O.Pt/c1-35(2)29-42-33-45(25-26-46(42)39-15-8-5-9-16-39)56-50-19-12-18-47(52(50)55-53(56)48-17-10-11-20-51(48)57)43-30-41(37-13-6-4-7-14-37)31-44(32-43)49-34-40(27-28-54-49)38-23-21-36(3)22-24-38;/h4-28,30-31,33-35,57H,29H2,1-3H3;/q-1;. The van der Waals surface area contributed by atoms with E-state index >= 15 is 0 Å². The number of nitrogens with zero attached hydrogens (tertiary/aromatic N) is 3. The van der Waals surface area contributed by atoms with E-state index in [-0.39, 0.29) is 26.8 Å². The van der Waals surface area contributed by atoms with Crippen molar-refractivity contribution in [3.63, 3.8) is 0 Å². The van der Waals surface area contributed by atoms with Crippen LogP contribution in [0.5, 0.6) is 5.75 Å². The van der Waals surface area contributed by atoms with Crippen molar-refractivity contribution >= 4 is 11.0 Å². The molecule has 0 amide bonds. The molecule has 4 nitrogen and oxygen atoms in total. The summed E-state index contributed by atoms with van der Waals surface area (Å²) in [5, 5.41) is 11.3. The molecule has 0 saturated carbocycles. The number of benzene rings is 7. The van der Waals surface area contributed by atoms with Crippen LogP contribution in [0.1, 0.15) is 25.0 Å². The molecular weight excluding hydrogens is 890 g/mol. The molecule has 9 aromatic rings. The van der Waals surface area contributed by atoms with Crippen molar-refractivity contribution in [3.8, 4) is 78.6 Å². The van der Waals surface area contributed by atoms with Gasteiger partial charge in [-0.3, -0.25) is 9.55 Å².